The van der Waals surface area contributed by atoms with Gasteiger partial charge >= 0.3 is 24.3 Å². The highest BCUT2D eigenvalue weighted by Gasteiger charge is 2.40. The lowest BCUT2D eigenvalue weighted by Crippen LogP contribution is -2.59. The summed E-state index contributed by atoms with van der Waals surface area (Å²) in [6, 6.07) is 13.0. The number of amides is 2. The number of rotatable bonds is 6. The number of carbonyl (C=O) groups is 4. The molecule has 2 amide bonds. The zero-order valence-corrected chi connectivity index (χ0v) is 24.4. The van der Waals surface area contributed by atoms with E-state index in [0.717, 1.165) is 30.6 Å². The average molecular weight is 666 g/mol. The van der Waals surface area contributed by atoms with E-state index < -0.39 is 30.3 Å². The minimum atomic E-state index is -5.08. The van der Waals surface area contributed by atoms with Crippen molar-refractivity contribution in [3.63, 3.8) is 0 Å². The van der Waals surface area contributed by atoms with E-state index in [9.17, 15) is 35.9 Å². The third-order valence-corrected chi connectivity index (χ3v) is 6.76. The van der Waals surface area contributed by atoms with Gasteiger partial charge in [-0.2, -0.15) is 26.3 Å². The first-order chi connectivity index (χ1) is 21.4. The van der Waals surface area contributed by atoms with Gasteiger partial charge in [0.2, 0.25) is 11.8 Å². The number of aliphatic carboxylic acids is 2. The van der Waals surface area contributed by atoms with Crippen molar-refractivity contribution in [3.05, 3.63) is 59.3 Å². The maximum atomic E-state index is 13.3. The maximum absolute atomic E-state index is 13.3. The number of morpholine rings is 1. The first-order valence-electron chi connectivity index (χ1n) is 13.7. The Bertz CT molecular complexity index is 1320. The van der Waals surface area contributed by atoms with Crippen molar-refractivity contribution in [1.29, 1.82) is 0 Å². The number of aromatic nitrogens is 1. The first kappa shape index (κ1) is 37.7. The van der Waals surface area contributed by atoms with Crippen LogP contribution in [0.4, 0.5) is 32.2 Å². The highest BCUT2D eigenvalue weighted by Crippen LogP contribution is 2.22. The van der Waals surface area contributed by atoms with Crippen molar-refractivity contribution in [2.75, 3.05) is 32.0 Å². The molecule has 0 unspecified atom stereocenters. The maximum Gasteiger partial charge on any atom is 0.490 e. The standard InChI is InChI=1S/C24H31N5O3.2C2HF3O2/c1-16-19(7-8-22(25)28-16)14-27-23(30)21-15-32-10-9-29(21)24(31)20-12-18(13-26-20)11-17-5-3-2-4-6-17;2*3-2(4,5)1(6)7/h2-8,18,20-21,26H,9-15H2,1H3,(H2,25,28)(H,27,30);2*(H,6,7)/t18-,20+,21-;;/m0../s1. The molecule has 12 nitrogen and oxygen atoms in total. The molecule has 4 rings (SSSR count). The molecule has 18 heteroatoms. The molecule has 254 valence electrons. The molecule has 3 atom stereocenters. The summed E-state index contributed by atoms with van der Waals surface area (Å²) in [4.78, 5) is 49.9. The first-order valence-corrected chi connectivity index (χ1v) is 13.7. The van der Waals surface area contributed by atoms with Crippen molar-refractivity contribution in [2.45, 2.75) is 50.7 Å². The molecule has 0 radical (unpaired) electrons. The summed E-state index contributed by atoms with van der Waals surface area (Å²) in [6.07, 6.45) is -8.45. The van der Waals surface area contributed by atoms with Crippen LogP contribution in [0.5, 0.6) is 0 Å². The molecule has 2 aliphatic heterocycles. The van der Waals surface area contributed by atoms with Gasteiger partial charge in [-0.25, -0.2) is 14.6 Å². The van der Waals surface area contributed by atoms with Crippen molar-refractivity contribution in [1.82, 2.24) is 20.5 Å². The summed E-state index contributed by atoms with van der Waals surface area (Å²) in [5.41, 5.74) is 8.65. The van der Waals surface area contributed by atoms with Crippen LogP contribution < -0.4 is 16.4 Å². The number of nitrogen functional groups attached to an aromatic ring is 1. The third-order valence-electron chi connectivity index (χ3n) is 6.76. The van der Waals surface area contributed by atoms with Crippen molar-refractivity contribution >= 4 is 29.6 Å². The SMILES string of the molecule is Cc1nc(N)ccc1CNC(=O)[C@@H]1COCCN1C(=O)[C@H]1C[C@H](Cc2ccccc2)CN1.O=C(O)C(F)(F)F.O=C(O)C(F)(F)F. The van der Waals surface area contributed by atoms with Crippen LogP contribution in [-0.2, 0) is 36.9 Å². The molecule has 1 aromatic carbocycles. The lowest BCUT2D eigenvalue weighted by molar-refractivity contribution is -0.193. The van der Waals surface area contributed by atoms with E-state index in [2.05, 4.69) is 27.8 Å². The molecule has 1 aromatic heterocycles. The summed E-state index contributed by atoms with van der Waals surface area (Å²) < 4.78 is 69.0. The van der Waals surface area contributed by atoms with Gasteiger partial charge in [0, 0.05) is 18.8 Å². The highest BCUT2D eigenvalue weighted by atomic mass is 19.4. The van der Waals surface area contributed by atoms with Crippen LogP contribution in [0.1, 0.15) is 23.2 Å². The van der Waals surface area contributed by atoms with Gasteiger partial charge in [0.25, 0.3) is 0 Å². The number of ether oxygens (including phenoxy) is 1. The number of benzene rings is 1. The van der Waals surface area contributed by atoms with Crippen molar-refractivity contribution < 1.29 is 60.5 Å². The zero-order valence-electron chi connectivity index (χ0n) is 24.4. The van der Waals surface area contributed by atoms with Crippen LogP contribution in [-0.4, -0.2) is 94.6 Å². The zero-order chi connectivity index (χ0) is 34.7. The Balaban J connectivity index is 0.000000440. The predicted molar refractivity (Wildman–Crippen MR) is 149 cm³/mol. The number of pyridine rings is 1. The van der Waals surface area contributed by atoms with Gasteiger partial charge in [-0.3, -0.25) is 9.59 Å². The fourth-order valence-corrected chi connectivity index (χ4v) is 4.48. The largest absolute Gasteiger partial charge is 0.490 e. The van der Waals surface area contributed by atoms with E-state index in [0.29, 0.717) is 31.4 Å². The van der Waals surface area contributed by atoms with Crippen LogP contribution in [0.3, 0.4) is 0 Å². The summed E-state index contributed by atoms with van der Waals surface area (Å²) in [5.74, 6) is -4.90. The lowest BCUT2D eigenvalue weighted by atomic mass is 9.96. The summed E-state index contributed by atoms with van der Waals surface area (Å²) in [7, 11) is 0. The highest BCUT2D eigenvalue weighted by molar-refractivity contribution is 5.90. The van der Waals surface area contributed by atoms with Crippen molar-refractivity contribution in [3.8, 4) is 0 Å². The van der Waals surface area contributed by atoms with Crippen LogP contribution in [0.15, 0.2) is 42.5 Å². The molecule has 2 saturated heterocycles. The van der Waals surface area contributed by atoms with Gasteiger partial charge in [-0.05, 0) is 49.4 Å². The number of carboxylic acids is 2. The Labute approximate surface area is 258 Å². The second-order valence-corrected chi connectivity index (χ2v) is 10.2. The smallest absolute Gasteiger partial charge is 0.475 e. The van der Waals surface area contributed by atoms with Crippen LogP contribution in [0.2, 0.25) is 0 Å². The third kappa shape index (κ3) is 12.2. The van der Waals surface area contributed by atoms with Gasteiger partial charge in [-0.15, -0.1) is 0 Å². The Kier molecular flexibility index (Phi) is 13.7. The number of aryl methyl sites for hydroxylation is 1. The summed E-state index contributed by atoms with van der Waals surface area (Å²) in [6.45, 7) is 4.05. The molecule has 2 aliphatic rings. The molecule has 0 saturated carbocycles. The number of hydrogen-bond donors (Lipinski definition) is 5. The normalized spacial score (nSPS) is 19.5. The fourth-order valence-electron chi connectivity index (χ4n) is 4.48. The van der Waals surface area contributed by atoms with E-state index in [1.54, 1.807) is 11.0 Å². The van der Waals surface area contributed by atoms with Crippen molar-refractivity contribution in [2.24, 2.45) is 5.92 Å². The Morgan fingerprint density at radius 1 is 1.02 bits per heavy atom. The van der Waals surface area contributed by atoms with E-state index >= 15 is 0 Å². The van der Waals surface area contributed by atoms with Crippen LogP contribution >= 0.6 is 0 Å². The number of nitrogens with zero attached hydrogens (tertiary/aromatic N) is 2. The van der Waals surface area contributed by atoms with E-state index in [1.165, 1.54) is 5.56 Å². The van der Waals surface area contributed by atoms with E-state index in [-0.39, 0.29) is 24.5 Å². The monoisotopic (exact) mass is 665 g/mol. The number of anilines is 1. The molecule has 0 bridgehead atoms. The molecule has 2 aromatic rings. The number of hydrogen-bond acceptors (Lipinski definition) is 8. The number of carboxylic acid groups (broad SMARTS) is 2. The van der Waals surface area contributed by atoms with E-state index in [4.69, 9.17) is 30.3 Å². The lowest BCUT2D eigenvalue weighted by Gasteiger charge is -2.36. The summed E-state index contributed by atoms with van der Waals surface area (Å²) in [5, 5.41) is 20.6. The Hall–Kier alpha value is -4.45. The molecular weight excluding hydrogens is 632 g/mol. The van der Waals surface area contributed by atoms with Gasteiger partial charge in [-0.1, -0.05) is 36.4 Å². The van der Waals surface area contributed by atoms with Crippen LogP contribution in [0, 0.1) is 12.8 Å². The number of carbonyl (C=O) groups excluding carboxylic acids is 2. The van der Waals surface area contributed by atoms with Gasteiger partial charge in [0.15, 0.2) is 0 Å². The fraction of sp³-hybridized carbons (Fsp3) is 0.464. The minimum absolute atomic E-state index is 0.0191. The van der Waals surface area contributed by atoms with Crippen LogP contribution in [0.25, 0.3) is 0 Å². The predicted octanol–water partition coefficient (Wildman–Crippen LogP) is 2.30. The number of nitrogens with one attached hydrogen (secondary N) is 2. The molecule has 0 aliphatic carbocycles. The van der Waals surface area contributed by atoms with Gasteiger partial charge in [0.1, 0.15) is 11.9 Å². The molecule has 2 fully saturated rings. The number of halogens is 6. The average Bonchev–Trinajstić information content (AvgIpc) is 3.45. The number of nitrogens with two attached hydrogens (primary N) is 1. The molecule has 6 N–H and O–H groups in total. The molecule has 3 heterocycles. The van der Waals surface area contributed by atoms with Gasteiger partial charge < -0.3 is 36.2 Å². The molecule has 0 spiro atoms. The Morgan fingerprint density at radius 3 is 2.15 bits per heavy atom. The summed E-state index contributed by atoms with van der Waals surface area (Å²) >= 11 is 0. The van der Waals surface area contributed by atoms with Gasteiger partial charge in [0.05, 0.1) is 19.3 Å². The minimum Gasteiger partial charge on any atom is -0.475 e. The molecule has 46 heavy (non-hydrogen) atoms. The second kappa shape index (κ2) is 16.7. The number of alkyl halides is 6. The topological polar surface area (TPSA) is 184 Å². The molecular formula is C28H33F6N5O7. The second-order valence-electron chi connectivity index (χ2n) is 10.2. The van der Waals surface area contributed by atoms with E-state index in [1.807, 2.05) is 31.2 Å². The quantitative estimate of drug-likeness (QED) is 0.287. The Morgan fingerprint density at radius 2 is 1.61 bits per heavy atom.